The topological polar surface area (TPSA) is 136 Å². The number of hydrogen-bond acceptors (Lipinski definition) is 4. The van der Waals surface area contributed by atoms with Gasteiger partial charge in [0.1, 0.15) is 6.04 Å². The molecule has 0 aliphatic heterocycles. The fourth-order valence-electron chi connectivity index (χ4n) is 1.32. The van der Waals surface area contributed by atoms with Crippen LogP contribution in [0.15, 0.2) is 24.3 Å². The fourth-order valence-corrected chi connectivity index (χ4v) is 1.32. The highest BCUT2D eigenvalue weighted by Gasteiger charge is 2.22. The molecule has 0 fully saturated rings. The van der Waals surface area contributed by atoms with Crippen LogP contribution in [0.3, 0.4) is 0 Å². The van der Waals surface area contributed by atoms with Gasteiger partial charge in [-0.05, 0) is 18.2 Å². The second-order valence-electron chi connectivity index (χ2n) is 3.66. The van der Waals surface area contributed by atoms with Crippen molar-refractivity contribution in [2.75, 3.05) is 5.73 Å². The van der Waals surface area contributed by atoms with Gasteiger partial charge >= 0.3 is 5.97 Å². The Bertz CT molecular complexity index is 487. The first-order chi connectivity index (χ1) is 8.40. The van der Waals surface area contributed by atoms with Crippen LogP contribution < -0.4 is 16.8 Å². The summed E-state index contributed by atoms with van der Waals surface area (Å²) >= 11 is 0. The van der Waals surface area contributed by atoms with E-state index in [1.54, 1.807) is 12.1 Å². The number of nitrogens with one attached hydrogen (secondary N) is 1. The molecule has 96 valence electrons. The monoisotopic (exact) mass is 251 g/mol. The van der Waals surface area contributed by atoms with Crippen LogP contribution >= 0.6 is 0 Å². The molecule has 1 atom stereocenters. The summed E-state index contributed by atoms with van der Waals surface area (Å²) in [6.45, 7) is 0. The maximum atomic E-state index is 11.7. The molecule has 0 radical (unpaired) electrons. The average molecular weight is 251 g/mol. The van der Waals surface area contributed by atoms with Crippen LogP contribution in [0, 0.1) is 0 Å². The number of carbonyl (C=O) groups is 3. The van der Waals surface area contributed by atoms with Crippen LogP contribution in [0.5, 0.6) is 0 Å². The summed E-state index contributed by atoms with van der Waals surface area (Å²) in [5.74, 6) is -2.77. The molecule has 1 aromatic carbocycles. The van der Waals surface area contributed by atoms with Gasteiger partial charge < -0.3 is 21.9 Å². The van der Waals surface area contributed by atoms with Gasteiger partial charge in [0.25, 0.3) is 5.91 Å². The number of amides is 2. The van der Waals surface area contributed by atoms with Crippen molar-refractivity contribution in [1.29, 1.82) is 0 Å². The van der Waals surface area contributed by atoms with E-state index in [2.05, 4.69) is 5.32 Å². The molecular weight excluding hydrogens is 238 g/mol. The smallest absolute Gasteiger partial charge is 0.326 e. The first-order valence-electron chi connectivity index (χ1n) is 5.07. The van der Waals surface area contributed by atoms with Gasteiger partial charge in [-0.15, -0.1) is 0 Å². The minimum atomic E-state index is -1.35. The number of carbonyl (C=O) groups excluding carboxylic acids is 2. The van der Waals surface area contributed by atoms with Crippen LogP contribution in [-0.4, -0.2) is 28.9 Å². The molecule has 0 aliphatic rings. The zero-order valence-corrected chi connectivity index (χ0v) is 9.42. The zero-order valence-electron chi connectivity index (χ0n) is 9.42. The summed E-state index contributed by atoms with van der Waals surface area (Å²) in [4.78, 5) is 33.2. The van der Waals surface area contributed by atoms with Gasteiger partial charge in [0, 0.05) is 11.3 Å². The first kappa shape index (κ1) is 13.5. The van der Waals surface area contributed by atoms with Crippen molar-refractivity contribution in [3.8, 4) is 0 Å². The maximum absolute atomic E-state index is 11.7. The highest BCUT2D eigenvalue weighted by Crippen LogP contribution is 2.07. The number of aliphatic carboxylic acids is 1. The van der Waals surface area contributed by atoms with E-state index in [4.69, 9.17) is 16.6 Å². The first-order valence-corrected chi connectivity index (χ1v) is 5.07. The predicted octanol–water partition coefficient (Wildman–Crippen LogP) is -0.673. The Kier molecular flexibility index (Phi) is 4.25. The lowest BCUT2D eigenvalue weighted by Crippen LogP contribution is -2.43. The largest absolute Gasteiger partial charge is 0.480 e. The standard InChI is InChI=1S/C11H13N3O4/c12-7-3-1-2-6(4-7)10(16)14-8(11(17)18)5-9(13)15/h1-4,8H,5,12H2,(H2,13,15)(H,14,16)(H,17,18)/t8-/m0/s1. The number of nitrogen functional groups attached to an aromatic ring is 1. The molecule has 0 heterocycles. The Morgan fingerprint density at radius 3 is 2.50 bits per heavy atom. The normalized spacial score (nSPS) is 11.6. The van der Waals surface area contributed by atoms with Gasteiger partial charge in [-0.1, -0.05) is 6.07 Å². The van der Waals surface area contributed by atoms with E-state index < -0.39 is 30.2 Å². The molecule has 0 saturated heterocycles. The summed E-state index contributed by atoms with van der Waals surface area (Å²) in [6.07, 6.45) is -0.469. The third-order valence-corrected chi connectivity index (χ3v) is 2.16. The molecule has 18 heavy (non-hydrogen) atoms. The quantitative estimate of drug-likeness (QED) is 0.514. The van der Waals surface area contributed by atoms with E-state index in [9.17, 15) is 14.4 Å². The molecule has 7 nitrogen and oxygen atoms in total. The summed E-state index contributed by atoms with van der Waals surface area (Å²) in [5.41, 5.74) is 11.0. The van der Waals surface area contributed by atoms with E-state index in [1.165, 1.54) is 12.1 Å². The van der Waals surface area contributed by atoms with Crippen LogP contribution in [0.25, 0.3) is 0 Å². The molecule has 2 amide bonds. The Hall–Kier alpha value is -2.57. The Morgan fingerprint density at radius 2 is 2.00 bits per heavy atom. The number of benzene rings is 1. The lowest BCUT2D eigenvalue weighted by Gasteiger charge is -2.12. The Balaban J connectivity index is 2.78. The van der Waals surface area contributed by atoms with Crippen molar-refractivity contribution in [2.45, 2.75) is 12.5 Å². The third-order valence-electron chi connectivity index (χ3n) is 2.16. The summed E-state index contributed by atoms with van der Waals surface area (Å²) in [5, 5.41) is 11.0. The van der Waals surface area contributed by atoms with Crippen LogP contribution in [-0.2, 0) is 9.59 Å². The van der Waals surface area contributed by atoms with Gasteiger partial charge in [-0.2, -0.15) is 0 Å². The SMILES string of the molecule is NC(=O)C[C@H](NC(=O)c1cccc(N)c1)C(=O)O. The summed E-state index contributed by atoms with van der Waals surface area (Å²) in [7, 11) is 0. The highest BCUT2D eigenvalue weighted by molar-refractivity contribution is 5.98. The molecule has 0 aliphatic carbocycles. The summed E-state index contributed by atoms with van der Waals surface area (Å²) < 4.78 is 0. The molecule has 7 heteroatoms. The van der Waals surface area contributed by atoms with Crippen molar-refractivity contribution in [3.63, 3.8) is 0 Å². The van der Waals surface area contributed by atoms with Crippen molar-refractivity contribution in [1.82, 2.24) is 5.32 Å². The lowest BCUT2D eigenvalue weighted by molar-refractivity contribution is -0.140. The Morgan fingerprint density at radius 1 is 1.33 bits per heavy atom. The van der Waals surface area contributed by atoms with Gasteiger partial charge in [-0.25, -0.2) is 4.79 Å². The molecule has 6 N–H and O–H groups in total. The number of rotatable bonds is 5. The molecule has 0 spiro atoms. The zero-order chi connectivity index (χ0) is 13.7. The van der Waals surface area contributed by atoms with Crippen LogP contribution in [0.1, 0.15) is 16.8 Å². The Labute approximate surface area is 103 Å². The van der Waals surface area contributed by atoms with Crippen molar-refractivity contribution in [2.24, 2.45) is 5.73 Å². The van der Waals surface area contributed by atoms with Crippen molar-refractivity contribution in [3.05, 3.63) is 29.8 Å². The van der Waals surface area contributed by atoms with E-state index in [-0.39, 0.29) is 5.56 Å². The van der Waals surface area contributed by atoms with Gasteiger partial charge in [0.15, 0.2) is 0 Å². The second-order valence-corrected chi connectivity index (χ2v) is 3.66. The molecule has 0 saturated carbocycles. The maximum Gasteiger partial charge on any atom is 0.326 e. The van der Waals surface area contributed by atoms with E-state index >= 15 is 0 Å². The number of carboxylic acids is 1. The molecule has 0 bridgehead atoms. The molecule has 1 aromatic rings. The minimum absolute atomic E-state index is 0.214. The van der Waals surface area contributed by atoms with Gasteiger partial charge in [0.2, 0.25) is 5.91 Å². The number of carboxylic acid groups (broad SMARTS) is 1. The van der Waals surface area contributed by atoms with Crippen molar-refractivity contribution >= 4 is 23.5 Å². The minimum Gasteiger partial charge on any atom is -0.480 e. The van der Waals surface area contributed by atoms with E-state index in [0.29, 0.717) is 5.69 Å². The second kappa shape index (κ2) is 5.67. The molecular formula is C11H13N3O4. The number of anilines is 1. The predicted molar refractivity (Wildman–Crippen MR) is 63.6 cm³/mol. The highest BCUT2D eigenvalue weighted by atomic mass is 16.4. The number of primary amides is 1. The lowest BCUT2D eigenvalue weighted by atomic mass is 10.1. The third kappa shape index (κ3) is 3.78. The fraction of sp³-hybridized carbons (Fsp3) is 0.182. The average Bonchev–Trinajstić information content (AvgIpc) is 2.27. The van der Waals surface area contributed by atoms with E-state index in [1.807, 2.05) is 0 Å². The summed E-state index contributed by atoms with van der Waals surface area (Å²) in [6, 6.07) is 4.69. The molecule has 0 aromatic heterocycles. The van der Waals surface area contributed by atoms with Gasteiger partial charge in [-0.3, -0.25) is 9.59 Å². The van der Waals surface area contributed by atoms with Crippen LogP contribution in [0.2, 0.25) is 0 Å². The molecule has 1 rings (SSSR count). The van der Waals surface area contributed by atoms with E-state index in [0.717, 1.165) is 0 Å². The van der Waals surface area contributed by atoms with Gasteiger partial charge in [0.05, 0.1) is 6.42 Å². The molecule has 0 unspecified atom stereocenters. The van der Waals surface area contributed by atoms with Crippen LogP contribution in [0.4, 0.5) is 5.69 Å². The number of hydrogen-bond donors (Lipinski definition) is 4. The van der Waals surface area contributed by atoms with Crippen molar-refractivity contribution < 1.29 is 19.5 Å². The number of nitrogens with two attached hydrogens (primary N) is 2.